The van der Waals surface area contributed by atoms with Crippen molar-refractivity contribution in [2.75, 3.05) is 34.3 Å². The zero-order valence-corrected chi connectivity index (χ0v) is 17.3. The average Bonchev–Trinajstić information content (AvgIpc) is 2.98. The summed E-state index contributed by atoms with van der Waals surface area (Å²) >= 11 is 0. The molecule has 0 spiro atoms. The molecule has 30 heavy (non-hydrogen) atoms. The molecule has 1 heterocycles. The molecule has 0 aliphatic carbocycles. The van der Waals surface area contributed by atoms with E-state index in [1.54, 1.807) is 36.4 Å². The number of ketones is 1. The molecule has 1 atom stereocenters. The van der Waals surface area contributed by atoms with Crippen LogP contribution in [0.3, 0.4) is 0 Å². The van der Waals surface area contributed by atoms with Crippen LogP contribution < -0.4 is 4.74 Å². The van der Waals surface area contributed by atoms with Gasteiger partial charge in [-0.25, -0.2) is 0 Å². The minimum absolute atomic E-state index is 0.0139. The lowest BCUT2D eigenvalue weighted by atomic mass is 9.95. The molecular formula is C23H26N2O5. The molecule has 0 radical (unpaired) electrons. The molecule has 2 aromatic rings. The molecular weight excluding hydrogens is 384 g/mol. The van der Waals surface area contributed by atoms with E-state index >= 15 is 0 Å². The molecule has 1 unspecified atom stereocenters. The Balaban J connectivity index is 2.12. The second-order valence-electron chi connectivity index (χ2n) is 7.44. The van der Waals surface area contributed by atoms with E-state index in [-0.39, 0.29) is 17.1 Å². The first kappa shape index (κ1) is 21.4. The van der Waals surface area contributed by atoms with Crippen molar-refractivity contribution in [3.63, 3.8) is 0 Å². The van der Waals surface area contributed by atoms with Gasteiger partial charge in [0.1, 0.15) is 17.3 Å². The fourth-order valence-electron chi connectivity index (χ4n) is 3.66. The van der Waals surface area contributed by atoms with Crippen LogP contribution in [0, 0.1) is 0 Å². The molecule has 3 rings (SSSR count). The second kappa shape index (κ2) is 9.00. The van der Waals surface area contributed by atoms with Crippen LogP contribution in [0.25, 0.3) is 5.76 Å². The summed E-state index contributed by atoms with van der Waals surface area (Å²) in [6, 6.07) is 12.3. The number of rotatable bonds is 7. The van der Waals surface area contributed by atoms with E-state index < -0.39 is 17.7 Å². The lowest BCUT2D eigenvalue weighted by molar-refractivity contribution is -0.139. The van der Waals surface area contributed by atoms with Crippen LogP contribution in [0.1, 0.15) is 23.6 Å². The van der Waals surface area contributed by atoms with Gasteiger partial charge in [-0.3, -0.25) is 9.59 Å². The van der Waals surface area contributed by atoms with Gasteiger partial charge in [0, 0.05) is 6.54 Å². The second-order valence-corrected chi connectivity index (χ2v) is 7.44. The van der Waals surface area contributed by atoms with Gasteiger partial charge in [-0.05, 0) is 56.9 Å². The predicted octanol–water partition coefficient (Wildman–Crippen LogP) is 2.77. The number of carbonyl (C=O) groups is 2. The van der Waals surface area contributed by atoms with E-state index in [0.717, 1.165) is 6.54 Å². The lowest BCUT2D eigenvalue weighted by Gasteiger charge is -2.26. The Morgan fingerprint density at radius 1 is 1.10 bits per heavy atom. The Labute approximate surface area is 175 Å². The van der Waals surface area contributed by atoms with Gasteiger partial charge in [-0.15, -0.1) is 0 Å². The number of phenolic OH excluding ortho intramolecular Hbond substituents is 1. The monoisotopic (exact) mass is 410 g/mol. The maximum atomic E-state index is 13.0. The summed E-state index contributed by atoms with van der Waals surface area (Å²) in [4.78, 5) is 29.3. The average molecular weight is 410 g/mol. The number of para-hydroxylation sites is 1. The van der Waals surface area contributed by atoms with Crippen molar-refractivity contribution in [1.29, 1.82) is 0 Å². The van der Waals surface area contributed by atoms with Gasteiger partial charge in [0.2, 0.25) is 0 Å². The minimum Gasteiger partial charge on any atom is -0.508 e. The first-order chi connectivity index (χ1) is 14.3. The Morgan fingerprint density at radius 3 is 2.40 bits per heavy atom. The molecule has 158 valence electrons. The SMILES string of the molecule is COc1ccccc1/C(O)=C1/C(=O)C(=O)N(CCCN(C)C)C1c1ccc(O)cc1. The number of hydrogen-bond acceptors (Lipinski definition) is 6. The fourth-order valence-corrected chi connectivity index (χ4v) is 3.66. The van der Waals surface area contributed by atoms with Crippen molar-refractivity contribution in [2.24, 2.45) is 0 Å². The van der Waals surface area contributed by atoms with Crippen LogP contribution >= 0.6 is 0 Å². The summed E-state index contributed by atoms with van der Waals surface area (Å²) in [6.07, 6.45) is 0.670. The standard InChI is InChI=1S/C23H26N2O5/c1-24(2)13-6-14-25-20(15-9-11-16(26)12-10-15)19(22(28)23(25)29)21(27)17-7-4-5-8-18(17)30-3/h4-5,7-12,20,26-27H,6,13-14H2,1-3H3/b21-19-. The Bertz CT molecular complexity index is 966. The van der Waals surface area contributed by atoms with Crippen molar-refractivity contribution in [3.05, 3.63) is 65.2 Å². The summed E-state index contributed by atoms with van der Waals surface area (Å²) in [6.45, 7) is 1.11. The molecule has 2 N–H and O–H groups in total. The summed E-state index contributed by atoms with van der Waals surface area (Å²) in [5, 5.41) is 20.7. The van der Waals surface area contributed by atoms with E-state index in [2.05, 4.69) is 0 Å². The van der Waals surface area contributed by atoms with Crippen LogP contribution in [-0.2, 0) is 9.59 Å². The zero-order chi connectivity index (χ0) is 21.8. The Morgan fingerprint density at radius 2 is 1.77 bits per heavy atom. The third-order valence-corrected chi connectivity index (χ3v) is 5.12. The maximum Gasteiger partial charge on any atom is 0.295 e. The van der Waals surface area contributed by atoms with E-state index in [1.807, 2.05) is 19.0 Å². The predicted molar refractivity (Wildman–Crippen MR) is 113 cm³/mol. The van der Waals surface area contributed by atoms with Gasteiger partial charge in [-0.2, -0.15) is 0 Å². The Hall–Kier alpha value is -3.32. The number of ether oxygens (including phenoxy) is 1. The van der Waals surface area contributed by atoms with Gasteiger partial charge < -0.3 is 24.7 Å². The topological polar surface area (TPSA) is 90.3 Å². The molecule has 0 saturated carbocycles. The molecule has 0 aromatic heterocycles. The normalized spacial score (nSPS) is 18.3. The molecule has 7 heteroatoms. The third-order valence-electron chi connectivity index (χ3n) is 5.12. The first-order valence-electron chi connectivity index (χ1n) is 9.70. The van der Waals surface area contributed by atoms with Crippen LogP contribution in [0.5, 0.6) is 11.5 Å². The summed E-state index contributed by atoms with van der Waals surface area (Å²) in [5.41, 5.74) is 0.989. The summed E-state index contributed by atoms with van der Waals surface area (Å²) in [5.74, 6) is -1.19. The minimum atomic E-state index is -0.752. The highest BCUT2D eigenvalue weighted by molar-refractivity contribution is 6.46. The molecule has 1 aliphatic heterocycles. The number of carbonyl (C=O) groups excluding carboxylic acids is 2. The quantitative estimate of drug-likeness (QED) is 0.414. The molecule has 1 aliphatic rings. The number of nitrogens with zero attached hydrogens (tertiary/aromatic N) is 2. The van der Waals surface area contributed by atoms with Crippen molar-refractivity contribution in [1.82, 2.24) is 9.80 Å². The highest BCUT2D eigenvalue weighted by atomic mass is 16.5. The molecule has 1 saturated heterocycles. The maximum absolute atomic E-state index is 13.0. The lowest BCUT2D eigenvalue weighted by Crippen LogP contribution is -2.32. The van der Waals surface area contributed by atoms with Crippen molar-refractivity contribution in [2.45, 2.75) is 12.5 Å². The van der Waals surface area contributed by atoms with E-state index in [9.17, 15) is 19.8 Å². The van der Waals surface area contributed by atoms with E-state index in [1.165, 1.54) is 24.1 Å². The number of hydrogen-bond donors (Lipinski definition) is 2. The van der Waals surface area contributed by atoms with Crippen molar-refractivity contribution < 1.29 is 24.5 Å². The molecule has 1 amide bonds. The van der Waals surface area contributed by atoms with E-state index in [4.69, 9.17) is 4.74 Å². The number of phenols is 1. The number of methoxy groups -OCH3 is 1. The van der Waals surface area contributed by atoms with Crippen molar-refractivity contribution in [3.8, 4) is 11.5 Å². The number of Topliss-reactive ketones (excluding diaryl/α,β-unsaturated/α-hetero) is 1. The number of likely N-dealkylation sites (tertiary alicyclic amines) is 1. The smallest absolute Gasteiger partial charge is 0.295 e. The van der Waals surface area contributed by atoms with Gasteiger partial charge in [0.05, 0.1) is 24.3 Å². The highest BCUT2D eigenvalue weighted by Gasteiger charge is 2.46. The van der Waals surface area contributed by atoms with Crippen molar-refractivity contribution >= 4 is 17.4 Å². The number of benzene rings is 2. The number of aliphatic hydroxyl groups excluding tert-OH is 1. The fraction of sp³-hybridized carbons (Fsp3) is 0.304. The van der Waals surface area contributed by atoms with Gasteiger partial charge in [-0.1, -0.05) is 24.3 Å². The number of aromatic hydroxyl groups is 1. The van der Waals surface area contributed by atoms with Gasteiger partial charge in [0.15, 0.2) is 0 Å². The molecule has 7 nitrogen and oxygen atoms in total. The van der Waals surface area contributed by atoms with Gasteiger partial charge in [0.25, 0.3) is 11.7 Å². The van der Waals surface area contributed by atoms with Crippen LogP contribution in [-0.4, -0.2) is 66.0 Å². The largest absolute Gasteiger partial charge is 0.508 e. The van der Waals surface area contributed by atoms with E-state index in [0.29, 0.717) is 29.8 Å². The molecule has 0 bridgehead atoms. The summed E-state index contributed by atoms with van der Waals surface area (Å²) in [7, 11) is 5.35. The van der Waals surface area contributed by atoms with Crippen LogP contribution in [0.15, 0.2) is 54.1 Å². The number of amides is 1. The highest BCUT2D eigenvalue weighted by Crippen LogP contribution is 2.41. The molecule has 2 aromatic carbocycles. The third kappa shape index (κ3) is 4.16. The van der Waals surface area contributed by atoms with Crippen LogP contribution in [0.4, 0.5) is 0 Å². The van der Waals surface area contributed by atoms with Crippen LogP contribution in [0.2, 0.25) is 0 Å². The first-order valence-corrected chi connectivity index (χ1v) is 9.70. The zero-order valence-electron chi connectivity index (χ0n) is 17.3. The number of aliphatic hydroxyl groups is 1. The Kier molecular flexibility index (Phi) is 6.42. The van der Waals surface area contributed by atoms with Gasteiger partial charge >= 0.3 is 0 Å². The molecule has 1 fully saturated rings. The summed E-state index contributed by atoms with van der Waals surface area (Å²) < 4.78 is 5.32.